The molecule has 4 nitrogen and oxygen atoms in total. The van der Waals surface area contributed by atoms with Crippen molar-refractivity contribution in [1.29, 1.82) is 0 Å². The van der Waals surface area contributed by atoms with E-state index in [1.54, 1.807) is 17.0 Å². The number of hydrogen-bond donors (Lipinski definition) is 0. The van der Waals surface area contributed by atoms with Gasteiger partial charge in [-0.05, 0) is 12.5 Å². The van der Waals surface area contributed by atoms with Crippen molar-refractivity contribution in [2.45, 2.75) is 20.1 Å². The van der Waals surface area contributed by atoms with E-state index in [-0.39, 0.29) is 12.6 Å². The van der Waals surface area contributed by atoms with Crippen LogP contribution in [0.2, 0.25) is 0 Å². The molecule has 0 bridgehead atoms. The van der Waals surface area contributed by atoms with Crippen LogP contribution in [0.3, 0.4) is 0 Å². The fraction of sp³-hybridized carbons (Fsp3) is 0.231. The molecule has 0 radical (unpaired) electrons. The maximum Gasteiger partial charge on any atom is 0.673 e. The van der Waals surface area contributed by atoms with Crippen LogP contribution in [0.4, 0.5) is 17.3 Å². The van der Waals surface area contributed by atoms with Gasteiger partial charge in [-0.2, -0.15) is 0 Å². The highest BCUT2D eigenvalue weighted by Gasteiger charge is 2.20. The van der Waals surface area contributed by atoms with Gasteiger partial charge in [-0.1, -0.05) is 30.3 Å². The average molecular weight is 317 g/mol. The van der Waals surface area contributed by atoms with Crippen molar-refractivity contribution >= 4 is 13.2 Å². The molecule has 0 amide bonds. The number of benzene rings is 1. The molecule has 0 spiro atoms. The third-order valence-corrected chi connectivity index (χ3v) is 2.45. The molecule has 1 aromatic carbocycles. The largest absolute Gasteiger partial charge is 0.673 e. The first-order valence-corrected chi connectivity index (χ1v) is 6.40. The van der Waals surface area contributed by atoms with Crippen molar-refractivity contribution in [2.75, 3.05) is 0 Å². The van der Waals surface area contributed by atoms with Gasteiger partial charge >= 0.3 is 13.2 Å². The molecule has 1 aromatic heterocycles. The Bertz CT molecular complexity index is 581. The van der Waals surface area contributed by atoms with Crippen LogP contribution in [-0.2, 0) is 17.9 Å². The zero-order valence-corrected chi connectivity index (χ0v) is 11.8. The van der Waals surface area contributed by atoms with Crippen molar-refractivity contribution in [3.8, 4) is 0 Å². The number of halogens is 4. The molecule has 9 heteroatoms. The lowest BCUT2D eigenvalue weighted by atomic mass is 10.2. The molecule has 0 aliphatic heterocycles. The van der Waals surface area contributed by atoms with Gasteiger partial charge in [-0.25, -0.2) is 9.78 Å². The lowest BCUT2D eigenvalue weighted by Gasteiger charge is -2.05. The fourth-order valence-corrected chi connectivity index (χ4v) is 1.54. The van der Waals surface area contributed by atoms with Crippen LogP contribution in [0.1, 0.15) is 23.1 Å². The smallest absolute Gasteiger partial charge is 0.455 e. The van der Waals surface area contributed by atoms with E-state index >= 15 is 0 Å². The Morgan fingerprint density at radius 3 is 2.36 bits per heavy atom. The van der Waals surface area contributed by atoms with E-state index in [2.05, 4.69) is 4.98 Å². The highest BCUT2D eigenvalue weighted by Crippen LogP contribution is 2.06. The SMILES string of the molecule is CCn1ccnc1C(=O)OCc1ccccc1.F[B-](F)(F)F. The van der Waals surface area contributed by atoms with E-state index < -0.39 is 7.25 Å². The number of imidazole rings is 1. The monoisotopic (exact) mass is 317 g/mol. The number of carbonyl (C=O) groups excluding carboxylic acids is 1. The molecule has 2 aromatic rings. The van der Waals surface area contributed by atoms with Gasteiger partial charge < -0.3 is 26.6 Å². The predicted molar refractivity (Wildman–Crippen MR) is 73.6 cm³/mol. The van der Waals surface area contributed by atoms with Crippen molar-refractivity contribution in [3.63, 3.8) is 0 Å². The zero-order chi connectivity index (χ0) is 16.6. The Labute approximate surface area is 124 Å². The highest BCUT2D eigenvalue weighted by molar-refractivity contribution is 6.50. The molecule has 0 unspecified atom stereocenters. The van der Waals surface area contributed by atoms with Crippen molar-refractivity contribution in [2.24, 2.45) is 0 Å². The summed E-state index contributed by atoms with van der Waals surface area (Å²) in [6.45, 7) is 2.93. The van der Waals surface area contributed by atoms with E-state index in [1.807, 2.05) is 37.3 Å². The van der Waals surface area contributed by atoms with Crippen LogP contribution in [0.5, 0.6) is 0 Å². The van der Waals surface area contributed by atoms with Crippen LogP contribution in [-0.4, -0.2) is 22.8 Å². The molecular weight excluding hydrogens is 303 g/mol. The van der Waals surface area contributed by atoms with Crippen LogP contribution in [0.15, 0.2) is 42.7 Å². The molecule has 22 heavy (non-hydrogen) atoms. The quantitative estimate of drug-likeness (QED) is 0.492. The van der Waals surface area contributed by atoms with Gasteiger partial charge in [0.25, 0.3) is 0 Å². The van der Waals surface area contributed by atoms with E-state index in [1.165, 1.54) is 0 Å². The molecule has 0 fully saturated rings. The summed E-state index contributed by atoms with van der Waals surface area (Å²) in [7, 11) is -6.00. The van der Waals surface area contributed by atoms with Gasteiger partial charge in [-0.3, -0.25) is 0 Å². The van der Waals surface area contributed by atoms with Crippen molar-refractivity contribution < 1.29 is 26.8 Å². The molecule has 0 saturated heterocycles. The van der Waals surface area contributed by atoms with Gasteiger partial charge in [-0.15, -0.1) is 0 Å². The van der Waals surface area contributed by atoms with Gasteiger partial charge in [0, 0.05) is 18.9 Å². The van der Waals surface area contributed by atoms with E-state index in [9.17, 15) is 22.1 Å². The van der Waals surface area contributed by atoms with Crippen molar-refractivity contribution in [1.82, 2.24) is 9.55 Å². The van der Waals surface area contributed by atoms with Gasteiger partial charge in [0.1, 0.15) is 6.61 Å². The van der Waals surface area contributed by atoms with Crippen LogP contribution in [0, 0.1) is 0 Å². The second-order valence-corrected chi connectivity index (χ2v) is 4.09. The summed E-state index contributed by atoms with van der Waals surface area (Å²) in [5.41, 5.74) is 0.968. The van der Waals surface area contributed by atoms with Gasteiger partial charge in [0.05, 0.1) is 0 Å². The van der Waals surface area contributed by atoms with Crippen molar-refractivity contribution in [3.05, 3.63) is 54.1 Å². The predicted octanol–water partition coefficient (Wildman–Crippen LogP) is 3.56. The van der Waals surface area contributed by atoms with Crippen LogP contribution < -0.4 is 0 Å². The number of aryl methyl sites for hydroxylation is 1. The van der Waals surface area contributed by atoms with E-state index in [4.69, 9.17) is 4.74 Å². The summed E-state index contributed by atoms with van der Waals surface area (Å²) in [5.74, 6) is -0.0378. The highest BCUT2D eigenvalue weighted by atomic mass is 19.5. The Morgan fingerprint density at radius 2 is 1.82 bits per heavy atom. The Morgan fingerprint density at radius 1 is 1.23 bits per heavy atom. The maximum absolute atomic E-state index is 11.8. The molecule has 2 rings (SSSR count). The Hall–Kier alpha value is -2.32. The van der Waals surface area contributed by atoms with Gasteiger partial charge in [0.15, 0.2) is 0 Å². The molecule has 0 saturated carbocycles. The number of esters is 1. The number of nitrogens with zero attached hydrogens (tertiary/aromatic N) is 2. The summed E-state index contributed by atoms with van der Waals surface area (Å²) in [6.07, 6.45) is 3.36. The van der Waals surface area contributed by atoms with Gasteiger partial charge in [0.2, 0.25) is 5.82 Å². The second-order valence-electron chi connectivity index (χ2n) is 4.09. The molecule has 120 valence electrons. The summed E-state index contributed by atoms with van der Waals surface area (Å²) < 4.78 is 45.9. The minimum Gasteiger partial charge on any atom is -0.455 e. The molecule has 1 heterocycles. The average Bonchev–Trinajstić information content (AvgIpc) is 2.92. The zero-order valence-electron chi connectivity index (χ0n) is 11.8. The third-order valence-electron chi connectivity index (χ3n) is 2.45. The normalized spacial score (nSPS) is 10.6. The second kappa shape index (κ2) is 8.21. The lowest BCUT2D eigenvalue weighted by molar-refractivity contribution is 0.0452. The molecule has 0 aliphatic carbocycles. The standard InChI is InChI=1S/C13H14N2O2.BF4/c1-2-15-9-8-14-12(15)13(16)17-10-11-6-4-3-5-7-11;2-1(3,4)5/h3-9H,2,10H2,1H3;/q;-1. The number of carbonyl (C=O) groups is 1. The Balaban J connectivity index is 0.000000422. The van der Waals surface area contributed by atoms with Crippen LogP contribution in [0.25, 0.3) is 0 Å². The summed E-state index contributed by atoms with van der Waals surface area (Å²) in [6, 6.07) is 9.58. The molecule has 0 atom stereocenters. The summed E-state index contributed by atoms with van der Waals surface area (Å²) in [5, 5.41) is 0. The third kappa shape index (κ3) is 6.91. The van der Waals surface area contributed by atoms with E-state index in [0.717, 1.165) is 5.56 Å². The number of rotatable bonds is 4. The maximum atomic E-state index is 11.8. The lowest BCUT2D eigenvalue weighted by Crippen LogP contribution is -2.12. The fourth-order valence-electron chi connectivity index (χ4n) is 1.54. The minimum absolute atomic E-state index is 0.274. The number of ether oxygens (including phenoxy) is 1. The molecule has 0 aliphatic rings. The Kier molecular flexibility index (Phi) is 6.62. The van der Waals surface area contributed by atoms with Crippen LogP contribution >= 0.6 is 0 Å². The summed E-state index contributed by atoms with van der Waals surface area (Å²) >= 11 is 0. The minimum atomic E-state index is -6.00. The first-order valence-electron chi connectivity index (χ1n) is 6.40. The first-order chi connectivity index (χ1) is 10.3. The number of aromatic nitrogens is 2. The molecule has 0 N–H and O–H groups in total. The topological polar surface area (TPSA) is 44.1 Å². The first kappa shape index (κ1) is 17.7. The number of hydrogen-bond acceptors (Lipinski definition) is 3. The summed E-state index contributed by atoms with van der Waals surface area (Å²) in [4.78, 5) is 15.7. The van der Waals surface area contributed by atoms with E-state index in [0.29, 0.717) is 12.4 Å². The molecular formula is C13H14BF4N2O2-.